The van der Waals surface area contributed by atoms with Crippen molar-refractivity contribution in [3.05, 3.63) is 81.6 Å². The van der Waals surface area contributed by atoms with Gasteiger partial charge in [0.2, 0.25) is 0 Å². The Balaban J connectivity index is 1.62. The zero-order valence-electron chi connectivity index (χ0n) is 18.5. The van der Waals surface area contributed by atoms with Crippen LogP contribution in [0.25, 0.3) is 11.0 Å². The molecule has 0 bridgehead atoms. The number of benzene rings is 1. The summed E-state index contributed by atoms with van der Waals surface area (Å²) in [5.74, 6) is -2.27. The number of aromatic nitrogens is 3. The number of hydrogen-bond acceptors (Lipinski definition) is 8. The molecule has 0 saturated carbocycles. The minimum absolute atomic E-state index is 0.0365. The molecule has 0 aliphatic carbocycles. The van der Waals surface area contributed by atoms with E-state index in [-0.39, 0.29) is 41.3 Å². The van der Waals surface area contributed by atoms with Crippen LogP contribution in [0.4, 0.5) is 14.6 Å². The fourth-order valence-electron chi connectivity index (χ4n) is 3.38. The first-order chi connectivity index (χ1) is 16.7. The van der Waals surface area contributed by atoms with Crippen LogP contribution < -0.4 is 19.8 Å². The second-order valence-corrected chi connectivity index (χ2v) is 8.97. The number of nitrogens with one attached hydrogen (secondary N) is 2. The molecule has 0 aliphatic rings. The Hall–Kier alpha value is -3.97. The molecule has 3 aromatic heterocycles. The molecule has 182 valence electrons. The van der Waals surface area contributed by atoms with Gasteiger partial charge in [-0.3, -0.25) is 4.72 Å². The van der Waals surface area contributed by atoms with Crippen LogP contribution >= 0.6 is 0 Å². The molecule has 4 aromatic rings. The summed E-state index contributed by atoms with van der Waals surface area (Å²) in [5.41, 5.74) is 0.246. The molecule has 10 nitrogen and oxygen atoms in total. The van der Waals surface area contributed by atoms with E-state index in [2.05, 4.69) is 15.0 Å². The first kappa shape index (κ1) is 24.2. The predicted octanol–water partition coefficient (Wildman–Crippen LogP) is 3.02. The molecule has 35 heavy (non-hydrogen) atoms. The first-order valence-corrected chi connectivity index (χ1v) is 11.7. The van der Waals surface area contributed by atoms with Crippen LogP contribution in [0.5, 0.6) is 11.8 Å². The molecule has 0 atom stereocenters. The number of hydrogen-bond donors (Lipinski definition) is 2. The Kier molecular flexibility index (Phi) is 6.71. The van der Waals surface area contributed by atoms with Gasteiger partial charge < -0.3 is 9.15 Å². The van der Waals surface area contributed by atoms with Crippen LogP contribution in [0.3, 0.4) is 0 Å². The van der Waals surface area contributed by atoms with Gasteiger partial charge >= 0.3 is 11.6 Å². The van der Waals surface area contributed by atoms with Gasteiger partial charge in [0.05, 0.1) is 0 Å². The highest BCUT2D eigenvalue weighted by Gasteiger charge is 2.19. The quantitative estimate of drug-likeness (QED) is 0.350. The molecular weight excluding hydrogens is 484 g/mol. The van der Waals surface area contributed by atoms with Crippen molar-refractivity contribution in [2.24, 2.45) is 0 Å². The molecule has 0 aliphatic heterocycles. The Bertz CT molecular complexity index is 1560. The summed E-state index contributed by atoms with van der Waals surface area (Å²) in [4.78, 5) is 24.1. The molecule has 4 rings (SSSR count). The second kappa shape index (κ2) is 9.72. The number of rotatable bonds is 8. The highest BCUT2D eigenvalue weighted by molar-refractivity contribution is 7.90. The van der Waals surface area contributed by atoms with Crippen molar-refractivity contribution in [1.82, 2.24) is 19.7 Å². The number of aryl methyl sites for hydroxylation is 2. The van der Waals surface area contributed by atoms with Crippen LogP contribution in [0, 0.1) is 18.6 Å². The average Bonchev–Trinajstić information content (AvgIpc) is 2.83. The molecule has 3 heterocycles. The van der Waals surface area contributed by atoms with Gasteiger partial charge in [0.25, 0.3) is 10.2 Å². The summed E-state index contributed by atoms with van der Waals surface area (Å²) < 4.78 is 67.5. The maximum Gasteiger partial charge on any atom is 0.339 e. The van der Waals surface area contributed by atoms with E-state index in [1.807, 2.05) is 9.44 Å². The van der Waals surface area contributed by atoms with E-state index >= 15 is 0 Å². The highest BCUT2D eigenvalue weighted by atomic mass is 32.2. The number of ether oxygens (including phenoxy) is 1. The molecule has 0 saturated heterocycles. The summed E-state index contributed by atoms with van der Waals surface area (Å²) >= 11 is 0. The van der Waals surface area contributed by atoms with Gasteiger partial charge in [-0.2, -0.15) is 8.42 Å². The maximum absolute atomic E-state index is 14.8. The smallest absolute Gasteiger partial charge is 0.339 e. The van der Waals surface area contributed by atoms with E-state index in [0.29, 0.717) is 10.9 Å². The SMILES string of the molecule is CNS(=O)(=O)Nc1nccc(CCc2c(C)c3cc(F)c(Oc4ncccn4)cc3oc2=O)c1F. The average molecular weight is 503 g/mol. The summed E-state index contributed by atoms with van der Waals surface area (Å²) in [6.07, 6.45) is 4.20. The lowest BCUT2D eigenvalue weighted by Crippen LogP contribution is -2.27. The largest absolute Gasteiger partial charge is 0.422 e. The third-order valence-corrected chi connectivity index (χ3v) is 6.20. The zero-order valence-corrected chi connectivity index (χ0v) is 19.3. The lowest BCUT2D eigenvalue weighted by Gasteiger charge is -2.12. The molecule has 0 spiro atoms. The summed E-state index contributed by atoms with van der Waals surface area (Å²) in [6, 6.07) is 5.29. The minimum Gasteiger partial charge on any atom is -0.422 e. The van der Waals surface area contributed by atoms with Crippen molar-refractivity contribution in [3.8, 4) is 11.8 Å². The van der Waals surface area contributed by atoms with Gasteiger partial charge in [0, 0.05) is 42.7 Å². The van der Waals surface area contributed by atoms with Crippen LogP contribution in [0.2, 0.25) is 0 Å². The van der Waals surface area contributed by atoms with Crippen molar-refractivity contribution in [2.45, 2.75) is 19.8 Å². The van der Waals surface area contributed by atoms with E-state index in [1.165, 1.54) is 43.8 Å². The van der Waals surface area contributed by atoms with Crippen molar-refractivity contribution in [1.29, 1.82) is 0 Å². The first-order valence-electron chi connectivity index (χ1n) is 10.2. The number of halogens is 2. The van der Waals surface area contributed by atoms with Crippen molar-refractivity contribution in [3.63, 3.8) is 0 Å². The normalized spacial score (nSPS) is 11.5. The molecule has 0 unspecified atom stereocenters. The van der Waals surface area contributed by atoms with Crippen LogP contribution in [-0.4, -0.2) is 30.4 Å². The third kappa shape index (κ3) is 5.25. The summed E-state index contributed by atoms with van der Waals surface area (Å²) in [5, 5.41) is 0.344. The van der Waals surface area contributed by atoms with Crippen molar-refractivity contribution in [2.75, 3.05) is 11.8 Å². The molecule has 13 heteroatoms. The van der Waals surface area contributed by atoms with E-state index in [9.17, 15) is 22.0 Å². The van der Waals surface area contributed by atoms with Crippen LogP contribution in [0.1, 0.15) is 16.7 Å². The Labute approximate surface area is 198 Å². The lowest BCUT2D eigenvalue weighted by atomic mass is 9.99. The molecule has 0 amide bonds. The van der Waals surface area contributed by atoms with Gasteiger partial charge in [0.1, 0.15) is 5.58 Å². The van der Waals surface area contributed by atoms with Gasteiger partial charge in [-0.15, -0.1) is 0 Å². The van der Waals surface area contributed by atoms with Crippen LogP contribution in [-0.2, 0) is 23.1 Å². The molecule has 1 aromatic carbocycles. The predicted molar refractivity (Wildman–Crippen MR) is 122 cm³/mol. The number of anilines is 1. The van der Waals surface area contributed by atoms with E-state index in [1.54, 1.807) is 13.0 Å². The van der Waals surface area contributed by atoms with Crippen molar-refractivity contribution < 1.29 is 26.4 Å². The monoisotopic (exact) mass is 503 g/mol. The molecular formula is C22H19F2N5O5S. The van der Waals surface area contributed by atoms with E-state index in [0.717, 1.165) is 0 Å². The Morgan fingerprint density at radius 3 is 2.54 bits per heavy atom. The Morgan fingerprint density at radius 2 is 1.83 bits per heavy atom. The van der Waals surface area contributed by atoms with Gasteiger partial charge in [0.15, 0.2) is 23.2 Å². The third-order valence-electron chi connectivity index (χ3n) is 5.20. The number of nitrogens with zero attached hydrogens (tertiary/aromatic N) is 3. The van der Waals surface area contributed by atoms with E-state index < -0.39 is 33.3 Å². The molecule has 0 fully saturated rings. The maximum atomic E-state index is 14.8. The molecule has 0 radical (unpaired) electrons. The Morgan fingerprint density at radius 1 is 1.09 bits per heavy atom. The highest BCUT2D eigenvalue weighted by Crippen LogP contribution is 2.30. The number of fused-ring (bicyclic) bond motifs is 1. The summed E-state index contributed by atoms with van der Waals surface area (Å²) in [6.45, 7) is 1.63. The molecule has 2 N–H and O–H groups in total. The lowest BCUT2D eigenvalue weighted by molar-refractivity contribution is 0.410. The van der Waals surface area contributed by atoms with Crippen molar-refractivity contribution >= 4 is 27.0 Å². The zero-order chi connectivity index (χ0) is 25.2. The fraction of sp³-hybridized carbons (Fsp3) is 0.182. The topological polar surface area (TPSA) is 136 Å². The summed E-state index contributed by atoms with van der Waals surface area (Å²) in [7, 11) is -2.80. The standard InChI is InChI=1S/C22H19F2N5O5S/c1-12-14(5-4-13-6-9-26-20(19(13)24)29-35(31,32)25-2)21(30)33-17-11-18(16(23)10-15(12)17)34-22-27-7-3-8-28-22/h3,6-11,25H,4-5H2,1-2H3,(H,26,29). The van der Waals surface area contributed by atoms with Crippen LogP contribution in [0.15, 0.2) is 52.1 Å². The van der Waals surface area contributed by atoms with Gasteiger partial charge in [-0.05, 0) is 49.1 Å². The minimum atomic E-state index is -3.97. The number of pyridine rings is 1. The van der Waals surface area contributed by atoms with Gasteiger partial charge in [-0.25, -0.2) is 33.2 Å². The van der Waals surface area contributed by atoms with E-state index in [4.69, 9.17) is 9.15 Å². The van der Waals surface area contributed by atoms with Gasteiger partial charge in [-0.1, -0.05) is 0 Å². The second-order valence-electron chi connectivity index (χ2n) is 7.35. The fourth-order valence-corrected chi connectivity index (χ4v) is 3.88.